The van der Waals surface area contributed by atoms with Gasteiger partial charge in [-0.05, 0) is 43.9 Å². The zero-order valence-electron chi connectivity index (χ0n) is 15.3. The maximum absolute atomic E-state index is 4.73. The Balaban J connectivity index is 1.70. The second-order valence-electron chi connectivity index (χ2n) is 7.05. The molecule has 1 aliphatic rings. The fraction of sp³-hybridized carbons (Fsp3) is 0.400. The molecule has 0 saturated heterocycles. The number of anilines is 3. The van der Waals surface area contributed by atoms with Crippen LogP contribution in [0.15, 0.2) is 30.6 Å². The van der Waals surface area contributed by atoms with Gasteiger partial charge in [0.1, 0.15) is 0 Å². The van der Waals surface area contributed by atoms with Crippen LogP contribution in [0.3, 0.4) is 0 Å². The fourth-order valence-corrected chi connectivity index (χ4v) is 3.44. The molecule has 0 bridgehead atoms. The molecule has 0 unspecified atom stereocenters. The average molecular weight is 348 g/mol. The topological polar surface area (TPSA) is 75.6 Å². The third-order valence-electron chi connectivity index (χ3n) is 4.92. The Morgan fingerprint density at radius 2 is 1.77 bits per heavy atom. The van der Waals surface area contributed by atoms with Gasteiger partial charge in [0.2, 0.25) is 5.95 Å². The highest BCUT2D eigenvalue weighted by Crippen LogP contribution is 2.26. The van der Waals surface area contributed by atoms with Gasteiger partial charge < -0.3 is 10.6 Å². The highest BCUT2D eigenvalue weighted by atomic mass is 15.2. The van der Waals surface area contributed by atoms with Gasteiger partial charge in [-0.15, -0.1) is 0 Å². The van der Waals surface area contributed by atoms with Crippen LogP contribution in [0.5, 0.6) is 0 Å². The molecule has 0 atom stereocenters. The van der Waals surface area contributed by atoms with Gasteiger partial charge in [0.25, 0.3) is 0 Å². The van der Waals surface area contributed by atoms with Crippen LogP contribution in [0.25, 0.3) is 11.2 Å². The second kappa shape index (κ2) is 7.23. The van der Waals surface area contributed by atoms with E-state index in [9.17, 15) is 0 Å². The van der Waals surface area contributed by atoms with Crippen molar-refractivity contribution in [2.45, 2.75) is 52.0 Å². The summed E-state index contributed by atoms with van der Waals surface area (Å²) in [5.74, 6) is 1.31. The van der Waals surface area contributed by atoms with Gasteiger partial charge in [0.05, 0.1) is 0 Å². The lowest BCUT2D eigenvalue weighted by Crippen LogP contribution is -2.23. The van der Waals surface area contributed by atoms with E-state index in [1.807, 2.05) is 0 Å². The monoisotopic (exact) mass is 348 g/mol. The van der Waals surface area contributed by atoms with Gasteiger partial charge in [0.15, 0.2) is 17.0 Å². The highest BCUT2D eigenvalue weighted by molar-refractivity contribution is 5.86. The number of aromatic nitrogens is 4. The minimum Gasteiger partial charge on any atom is -0.351 e. The van der Waals surface area contributed by atoms with E-state index < -0.39 is 0 Å². The smallest absolute Gasteiger partial charge is 0.227 e. The van der Waals surface area contributed by atoms with Crippen molar-refractivity contribution in [3.8, 4) is 0 Å². The van der Waals surface area contributed by atoms with Gasteiger partial charge in [-0.3, -0.25) is 0 Å². The Morgan fingerprint density at radius 1 is 0.962 bits per heavy atom. The summed E-state index contributed by atoms with van der Waals surface area (Å²) >= 11 is 0. The van der Waals surface area contributed by atoms with Crippen LogP contribution in [-0.2, 0) is 0 Å². The van der Waals surface area contributed by atoms with E-state index in [4.69, 9.17) is 4.98 Å². The van der Waals surface area contributed by atoms with Gasteiger partial charge in [0, 0.05) is 24.1 Å². The minimum atomic E-state index is 0.437. The number of nitrogens with one attached hydrogen (secondary N) is 2. The highest BCUT2D eigenvalue weighted by Gasteiger charge is 2.16. The van der Waals surface area contributed by atoms with Crippen LogP contribution in [-0.4, -0.2) is 26.0 Å². The zero-order valence-corrected chi connectivity index (χ0v) is 15.3. The summed E-state index contributed by atoms with van der Waals surface area (Å²) in [5, 5.41) is 6.94. The van der Waals surface area contributed by atoms with E-state index in [1.54, 1.807) is 12.4 Å². The summed E-state index contributed by atoms with van der Waals surface area (Å²) in [5.41, 5.74) is 4.67. The van der Waals surface area contributed by atoms with Gasteiger partial charge >= 0.3 is 0 Å². The average Bonchev–Trinajstić information content (AvgIpc) is 2.65. The fourth-order valence-electron chi connectivity index (χ4n) is 3.44. The summed E-state index contributed by atoms with van der Waals surface area (Å²) in [4.78, 5) is 18.1. The van der Waals surface area contributed by atoms with E-state index in [0.29, 0.717) is 29.0 Å². The van der Waals surface area contributed by atoms with Gasteiger partial charge in [-0.1, -0.05) is 31.4 Å². The van der Waals surface area contributed by atoms with Crippen molar-refractivity contribution >= 4 is 28.6 Å². The quantitative estimate of drug-likeness (QED) is 0.722. The van der Waals surface area contributed by atoms with E-state index in [-0.39, 0.29) is 0 Å². The van der Waals surface area contributed by atoms with Crippen LogP contribution in [0.1, 0.15) is 43.2 Å². The van der Waals surface area contributed by atoms with Crippen LogP contribution >= 0.6 is 0 Å². The van der Waals surface area contributed by atoms with Crippen molar-refractivity contribution in [1.29, 1.82) is 0 Å². The van der Waals surface area contributed by atoms with Crippen molar-refractivity contribution < 1.29 is 0 Å². The molecule has 26 heavy (non-hydrogen) atoms. The van der Waals surface area contributed by atoms with Crippen molar-refractivity contribution in [3.05, 3.63) is 41.7 Å². The molecule has 2 aromatic heterocycles. The van der Waals surface area contributed by atoms with Crippen LogP contribution in [0.2, 0.25) is 0 Å². The van der Waals surface area contributed by atoms with E-state index >= 15 is 0 Å². The summed E-state index contributed by atoms with van der Waals surface area (Å²) in [7, 11) is 0. The predicted molar refractivity (Wildman–Crippen MR) is 105 cm³/mol. The molecule has 4 rings (SSSR count). The maximum atomic E-state index is 4.73. The molecular weight excluding hydrogens is 324 g/mol. The van der Waals surface area contributed by atoms with Crippen molar-refractivity contribution in [1.82, 2.24) is 19.9 Å². The first-order valence-corrected chi connectivity index (χ1v) is 9.28. The summed E-state index contributed by atoms with van der Waals surface area (Å²) in [6.07, 6.45) is 9.53. The number of nitrogens with zero attached hydrogens (tertiary/aromatic N) is 4. The Morgan fingerprint density at radius 3 is 2.62 bits per heavy atom. The zero-order chi connectivity index (χ0) is 17.9. The molecule has 1 aliphatic carbocycles. The van der Waals surface area contributed by atoms with Crippen molar-refractivity contribution in [2.75, 3.05) is 10.6 Å². The number of rotatable bonds is 4. The van der Waals surface area contributed by atoms with Gasteiger partial charge in [-0.2, -0.15) is 9.97 Å². The molecule has 6 heteroatoms. The summed E-state index contributed by atoms with van der Waals surface area (Å²) in [6.45, 7) is 4.16. The molecule has 0 amide bonds. The lowest BCUT2D eigenvalue weighted by Gasteiger charge is -2.23. The first-order chi connectivity index (χ1) is 12.7. The lowest BCUT2D eigenvalue weighted by atomic mass is 9.96. The normalized spacial score (nSPS) is 15.2. The maximum Gasteiger partial charge on any atom is 0.227 e. The third kappa shape index (κ3) is 3.59. The molecule has 134 valence electrons. The van der Waals surface area contributed by atoms with E-state index in [0.717, 1.165) is 11.3 Å². The number of benzene rings is 1. The molecule has 1 saturated carbocycles. The Bertz CT molecular complexity index is 917. The van der Waals surface area contributed by atoms with Crippen molar-refractivity contribution in [3.63, 3.8) is 0 Å². The number of hydrogen-bond acceptors (Lipinski definition) is 6. The molecule has 2 N–H and O–H groups in total. The predicted octanol–water partition coefficient (Wildman–Crippen LogP) is 4.52. The largest absolute Gasteiger partial charge is 0.351 e. The Labute approximate surface area is 153 Å². The molecule has 6 nitrogen and oxygen atoms in total. The van der Waals surface area contributed by atoms with E-state index in [2.05, 4.69) is 57.6 Å². The molecule has 2 heterocycles. The standard InChI is InChI=1S/C20H24N6/c1-13-8-9-14(2)16(12-13)24-19-17-18(22-11-10-21-17)25-20(26-19)23-15-6-4-3-5-7-15/h8-12,15H,3-7H2,1-2H3,(H2,22,23,24,25,26). The third-order valence-corrected chi connectivity index (χ3v) is 4.92. The molecule has 0 radical (unpaired) electrons. The Kier molecular flexibility index (Phi) is 4.65. The minimum absolute atomic E-state index is 0.437. The second-order valence-corrected chi connectivity index (χ2v) is 7.05. The molecule has 1 fully saturated rings. The van der Waals surface area contributed by atoms with Gasteiger partial charge in [-0.25, -0.2) is 9.97 Å². The number of fused-ring (bicyclic) bond motifs is 1. The number of hydrogen-bond donors (Lipinski definition) is 2. The first-order valence-electron chi connectivity index (χ1n) is 9.28. The van der Waals surface area contributed by atoms with Crippen molar-refractivity contribution in [2.24, 2.45) is 0 Å². The molecular formula is C20H24N6. The van der Waals surface area contributed by atoms with Crippen LogP contribution in [0.4, 0.5) is 17.5 Å². The molecule has 1 aromatic carbocycles. The summed E-state index contributed by atoms with van der Waals surface area (Å²) in [6, 6.07) is 6.77. The molecule has 0 spiro atoms. The van der Waals surface area contributed by atoms with Crippen LogP contribution < -0.4 is 10.6 Å². The van der Waals surface area contributed by atoms with Crippen LogP contribution in [0, 0.1) is 13.8 Å². The summed E-state index contributed by atoms with van der Waals surface area (Å²) < 4.78 is 0. The lowest BCUT2D eigenvalue weighted by molar-refractivity contribution is 0.461. The Hall–Kier alpha value is -2.76. The van der Waals surface area contributed by atoms with E-state index in [1.165, 1.54) is 37.7 Å². The molecule has 3 aromatic rings. The number of aryl methyl sites for hydroxylation is 2. The first kappa shape index (κ1) is 16.7. The molecule has 0 aliphatic heterocycles. The SMILES string of the molecule is Cc1ccc(C)c(Nc2nc(NC3CCCCC3)nc3nccnc23)c1.